The molecule has 0 aliphatic heterocycles. The Morgan fingerprint density at radius 1 is 1.20 bits per heavy atom. The van der Waals surface area contributed by atoms with E-state index in [9.17, 15) is 0 Å². The van der Waals surface area contributed by atoms with Gasteiger partial charge in [0.05, 0.1) is 0 Å². The number of hydrogen-bond donors (Lipinski definition) is 0. The van der Waals surface area contributed by atoms with Crippen molar-refractivity contribution in [3.8, 4) is 0 Å². The second kappa shape index (κ2) is 6.20. The monoisotopic (exact) mass is 138 g/mol. The highest BCUT2D eigenvalue weighted by Gasteiger charge is 1.82. The van der Waals surface area contributed by atoms with E-state index in [-0.39, 0.29) is 0 Å². The standard InChI is InChI=1S/C6H8N2.C2H6/c1-2-6-3-7-5-8-4-6;1-2/h3-5H,2H2,1H3;1-2H3. The summed E-state index contributed by atoms with van der Waals surface area (Å²) in [4.78, 5) is 7.69. The van der Waals surface area contributed by atoms with Gasteiger partial charge in [-0.3, -0.25) is 0 Å². The molecule has 0 aromatic carbocycles. The fourth-order valence-electron chi connectivity index (χ4n) is 0.513. The number of rotatable bonds is 1. The molecule has 0 atom stereocenters. The lowest BCUT2D eigenvalue weighted by Gasteiger charge is -1.88. The molecule has 2 heteroatoms. The molecule has 0 spiro atoms. The van der Waals surface area contributed by atoms with Gasteiger partial charge in [0.2, 0.25) is 0 Å². The maximum absolute atomic E-state index is 3.84. The Hall–Kier alpha value is -0.920. The normalized spacial score (nSPS) is 7.90. The van der Waals surface area contributed by atoms with E-state index in [4.69, 9.17) is 0 Å². The first-order chi connectivity index (χ1) is 4.93. The van der Waals surface area contributed by atoms with Crippen molar-refractivity contribution in [1.82, 2.24) is 9.97 Å². The van der Waals surface area contributed by atoms with Gasteiger partial charge in [0.15, 0.2) is 0 Å². The average Bonchev–Trinajstić information content (AvgIpc) is 2.10. The smallest absolute Gasteiger partial charge is 0.115 e. The van der Waals surface area contributed by atoms with Crippen LogP contribution in [0.5, 0.6) is 0 Å². The van der Waals surface area contributed by atoms with Crippen molar-refractivity contribution in [3.63, 3.8) is 0 Å². The predicted molar refractivity (Wildman–Crippen MR) is 42.8 cm³/mol. The SMILES string of the molecule is CC.CCc1cncnc1. The van der Waals surface area contributed by atoms with Crippen molar-refractivity contribution in [2.45, 2.75) is 27.2 Å². The van der Waals surface area contributed by atoms with Gasteiger partial charge in [0.1, 0.15) is 6.33 Å². The maximum atomic E-state index is 3.84. The van der Waals surface area contributed by atoms with Crippen molar-refractivity contribution in [3.05, 3.63) is 24.3 Å². The van der Waals surface area contributed by atoms with Crippen molar-refractivity contribution >= 4 is 0 Å². The third kappa shape index (κ3) is 3.17. The Bertz CT molecular complexity index is 149. The van der Waals surface area contributed by atoms with E-state index in [1.807, 2.05) is 26.2 Å². The van der Waals surface area contributed by atoms with Crippen molar-refractivity contribution in [1.29, 1.82) is 0 Å². The van der Waals surface area contributed by atoms with Crippen LogP contribution in [0.3, 0.4) is 0 Å². The molecule has 0 saturated heterocycles. The van der Waals surface area contributed by atoms with Gasteiger partial charge in [-0.1, -0.05) is 20.8 Å². The van der Waals surface area contributed by atoms with Crippen LogP contribution in [0.4, 0.5) is 0 Å². The summed E-state index contributed by atoms with van der Waals surface area (Å²) in [5.74, 6) is 0. The number of hydrogen-bond acceptors (Lipinski definition) is 2. The molecule has 10 heavy (non-hydrogen) atoms. The van der Waals surface area contributed by atoms with Gasteiger partial charge in [0.25, 0.3) is 0 Å². The van der Waals surface area contributed by atoms with Crippen LogP contribution in [-0.2, 0) is 6.42 Å². The molecule has 0 unspecified atom stereocenters. The molecule has 0 saturated carbocycles. The molecular formula is C8H14N2. The summed E-state index contributed by atoms with van der Waals surface area (Å²) in [5, 5.41) is 0. The lowest BCUT2D eigenvalue weighted by Crippen LogP contribution is -1.81. The predicted octanol–water partition coefficient (Wildman–Crippen LogP) is 2.07. The summed E-state index contributed by atoms with van der Waals surface area (Å²) in [6, 6.07) is 0. The molecule has 0 aliphatic carbocycles. The Morgan fingerprint density at radius 3 is 2.00 bits per heavy atom. The molecule has 1 aromatic rings. The average molecular weight is 138 g/mol. The second-order valence-corrected chi connectivity index (χ2v) is 1.60. The minimum atomic E-state index is 1.01. The van der Waals surface area contributed by atoms with Gasteiger partial charge in [-0.05, 0) is 12.0 Å². The zero-order valence-electron chi connectivity index (χ0n) is 6.83. The van der Waals surface area contributed by atoms with Crippen molar-refractivity contribution in [2.75, 3.05) is 0 Å². The Morgan fingerprint density at radius 2 is 1.70 bits per heavy atom. The molecule has 0 amide bonds. The van der Waals surface area contributed by atoms with Gasteiger partial charge in [-0.25, -0.2) is 9.97 Å². The molecule has 0 N–H and O–H groups in total. The Balaban J connectivity index is 0.000000371. The first-order valence-electron chi connectivity index (χ1n) is 3.67. The summed E-state index contributed by atoms with van der Waals surface area (Å²) in [6.07, 6.45) is 6.21. The van der Waals surface area contributed by atoms with Gasteiger partial charge in [-0.15, -0.1) is 0 Å². The van der Waals surface area contributed by atoms with Crippen LogP contribution in [0.1, 0.15) is 26.3 Å². The summed E-state index contributed by atoms with van der Waals surface area (Å²) >= 11 is 0. The van der Waals surface area contributed by atoms with Crippen LogP contribution in [0.2, 0.25) is 0 Å². The summed E-state index contributed by atoms with van der Waals surface area (Å²) in [5.41, 5.74) is 1.19. The molecule has 1 aromatic heterocycles. The molecule has 0 fully saturated rings. The van der Waals surface area contributed by atoms with E-state index < -0.39 is 0 Å². The largest absolute Gasteiger partial charge is 0.245 e. The van der Waals surface area contributed by atoms with Crippen LogP contribution in [0, 0.1) is 0 Å². The third-order valence-corrected chi connectivity index (χ3v) is 1.02. The van der Waals surface area contributed by atoms with Gasteiger partial charge in [-0.2, -0.15) is 0 Å². The van der Waals surface area contributed by atoms with Crippen LogP contribution in [0.15, 0.2) is 18.7 Å². The van der Waals surface area contributed by atoms with Crippen LogP contribution >= 0.6 is 0 Å². The molecule has 56 valence electrons. The summed E-state index contributed by atoms with van der Waals surface area (Å²) in [6.45, 7) is 6.08. The minimum Gasteiger partial charge on any atom is -0.245 e. The zero-order valence-corrected chi connectivity index (χ0v) is 6.83. The minimum absolute atomic E-state index is 1.01. The van der Waals surface area contributed by atoms with E-state index in [1.54, 1.807) is 6.33 Å². The first-order valence-corrected chi connectivity index (χ1v) is 3.67. The van der Waals surface area contributed by atoms with E-state index >= 15 is 0 Å². The zero-order chi connectivity index (χ0) is 7.82. The quantitative estimate of drug-likeness (QED) is 0.593. The van der Waals surface area contributed by atoms with Crippen LogP contribution < -0.4 is 0 Å². The van der Waals surface area contributed by atoms with Crippen LogP contribution in [0.25, 0.3) is 0 Å². The Kier molecular flexibility index (Phi) is 5.63. The lowest BCUT2D eigenvalue weighted by molar-refractivity contribution is 1.04. The summed E-state index contributed by atoms with van der Waals surface area (Å²) < 4.78 is 0. The first kappa shape index (κ1) is 9.08. The van der Waals surface area contributed by atoms with Gasteiger partial charge < -0.3 is 0 Å². The van der Waals surface area contributed by atoms with Gasteiger partial charge in [0, 0.05) is 12.4 Å². The van der Waals surface area contributed by atoms with Gasteiger partial charge >= 0.3 is 0 Å². The number of aromatic nitrogens is 2. The topological polar surface area (TPSA) is 25.8 Å². The van der Waals surface area contributed by atoms with Crippen molar-refractivity contribution in [2.24, 2.45) is 0 Å². The molecule has 1 rings (SSSR count). The molecule has 0 radical (unpaired) electrons. The second-order valence-electron chi connectivity index (χ2n) is 1.60. The van der Waals surface area contributed by atoms with E-state index in [0.29, 0.717) is 0 Å². The number of nitrogens with zero attached hydrogens (tertiary/aromatic N) is 2. The molecule has 2 nitrogen and oxygen atoms in total. The molecule has 0 aliphatic rings. The van der Waals surface area contributed by atoms with E-state index in [2.05, 4.69) is 16.9 Å². The molecule has 1 heterocycles. The van der Waals surface area contributed by atoms with E-state index in [0.717, 1.165) is 6.42 Å². The molecule has 0 bridgehead atoms. The Labute approximate surface area is 62.3 Å². The maximum Gasteiger partial charge on any atom is 0.115 e. The highest BCUT2D eigenvalue weighted by Crippen LogP contribution is 1.90. The summed E-state index contributed by atoms with van der Waals surface area (Å²) in [7, 11) is 0. The van der Waals surface area contributed by atoms with E-state index in [1.165, 1.54) is 5.56 Å². The highest BCUT2D eigenvalue weighted by molar-refractivity contribution is 5.00. The highest BCUT2D eigenvalue weighted by atomic mass is 14.8. The molecular weight excluding hydrogens is 124 g/mol. The number of aryl methyl sites for hydroxylation is 1. The third-order valence-electron chi connectivity index (χ3n) is 1.02. The fraction of sp³-hybridized carbons (Fsp3) is 0.500. The van der Waals surface area contributed by atoms with Crippen molar-refractivity contribution < 1.29 is 0 Å². The fourth-order valence-corrected chi connectivity index (χ4v) is 0.513. The lowest BCUT2D eigenvalue weighted by atomic mass is 10.3. The van der Waals surface area contributed by atoms with Crippen LogP contribution in [-0.4, -0.2) is 9.97 Å².